The summed E-state index contributed by atoms with van der Waals surface area (Å²) in [5, 5.41) is 0.634. The predicted molar refractivity (Wildman–Crippen MR) is 101 cm³/mol. The molecule has 4 rings (SSSR count). The van der Waals surface area contributed by atoms with E-state index >= 15 is 0 Å². The first-order valence-corrected chi connectivity index (χ1v) is 7.88. The second-order valence-corrected chi connectivity index (χ2v) is 5.61. The summed E-state index contributed by atoms with van der Waals surface area (Å²) in [5.41, 5.74) is 13.9. The molecule has 130 valence electrons. The fraction of sp³-hybridized carbons (Fsp3) is 0. The Morgan fingerprint density at radius 2 is 1.77 bits per heavy atom. The molecule has 1 amide bonds. The Morgan fingerprint density at radius 3 is 2.38 bits per heavy atom. The molecule has 0 bridgehead atoms. The summed E-state index contributed by atoms with van der Waals surface area (Å²) in [4.78, 5) is 18.4. The average molecular weight is 348 g/mol. The second kappa shape index (κ2) is 7.48. The van der Waals surface area contributed by atoms with Crippen molar-refractivity contribution in [2.24, 2.45) is 5.73 Å². The maximum Gasteiger partial charge on any atom is 0.250 e. The van der Waals surface area contributed by atoms with Gasteiger partial charge in [-0.3, -0.25) is 4.79 Å². The number of amides is 1. The quantitative estimate of drug-likeness (QED) is 0.481. The number of rotatable bonds is 2. The average Bonchev–Trinajstić information content (AvgIpc) is 3.06. The van der Waals surface area contributed by atoms with Gasteiger partial charge in [-0.05, 0) is 35.9 Å². The van der Waals surface area contributed by atoms with E-state index in [1.54, 1.807) is 24.4 Å². The number of aromatic amines is 1. The first-order chi connectivity index (χ1) is 12.5. The molecule has 0 saturated heterocycles. The van der Waals surface area contributed by atoms with Crippen LogP contribution in [0.4, 0.5) is 10.1 Å². The van der Waals surface area contributed by atoms with Crippen LogP contribution in [0.25, 0.3) is 22.2 Å². The highest BCUT2D eigenvalue weighted by Gasteiger charge is 2.11. The standard InChI is InChI=1S/C14H10FN3O.C6H7N/c15-10-3-1-2-8(4-10)9-5-11-12(13(16)19)7-18-14(11)17-6-9;7-6-4-2-1-3-5-6/h1-7H,(H2,16,19)(H,17,18);1-5H,7H2. The number of carbonyl (C=O) groups is 1. The Morgan fingerprint density at radius 1 is 1.00 bits per heavy atom. The number of anilines is 1. The molecule has 4 aromatic rings. The zero-order valence-corrected chi connectivity index (χ0v) is 13.8. The Labute approximate surface area is 149 Å². The highest BCUT2D eigenvalue weighted by atomic mass is 19.1. The molecule has 0 unspecified atom stereocenters. The molecule has 2 heterocycles. The second-order valence-electron chi connectivity index (χ2n) is 5.61. The molecule has 0 atom stereocenters. The van der Waals surface area contributed by atoms with Gasteiger partial charge in [0.2, 0.25) is 0 Å². The first-order valence-electron chi connectivity index (χ1n) is 7.88. The number of hydrogen-bond donors (Lipinski definition) is 3. The van der Waals surface area contributed by atoms with Crippen molar-refractivity contribution in [3.8, 4) is 11.1 Å². The summed E-state index contributed by atoms with van der Waals surface area (Å²) in [6.45, 7) is 0. The number of nitrogens with zero attached hydrogens (tertiary/aromatic N) is 1. The molecule has 0 aliphatic carbocycles. The monoisotopic (exact) mass is 348 g/mol. The van der Waals surface area contributed by atoms with Crippen LogP contribution in [0.1, 0.15) is 10.4 Å². The predicted octanol–water partition coefficient (Wildman–Crippen LogP) is 3.74. The largest absolute Gasteiger partial charge is 0.399 e. The maximum absolute atomic E-state index is 13.2. The van der Waals surface area contributed by atoms with E-state index in [0.29, 0.717) is 22.2 Å². The van der Waals surface area contributed by atoms with Crippen LogP contribution in [0.3, 0.4) is 0 Å². The van der Waals surface area contributed by atoms with Gasteiger partial charge in [-0.15, -0.1) is 0 Å². The molecule has 5 N–H and O–H groups in total. The molecule has 0 aliphatic rings. The number of pyridine rings is 1. The number of halogens is 1. The van der Waals surface area contributed by atoms with E-state index in [1.165, 1.54) is 18.3 Å². The topological polar surface area (TPSA) is 97.8 Å². The molecular weight excluding hydrogens is 331 g/mol. The van der Waals surface area contributed by atoms with Gasteiger partial charge in [0, 0.05) is 29.0 Å². The highest BCUT2D eigenvalue weighted by molar-refractivity contribution is 6.05. The van der Waals surface area contributed by atoms with Gasteiger partial charge in [-0.1, -0.05) is 30.3 Å². The van der Waals surface area contributed by atoms with Gasteiger partial charge in [-0.2, -0.15) is 0 Å². The molecule has 2 aromatic heterocycles. The normalized spacial score (nSPS) is 10.2. The minimum atomic E-state index is -0.524. The molecule has 6 heteroatoms. The summed E-state index contributed by atoms with van der Waals surface area (Å²) in [7, 11) is 0. The molecule has 0 spiro atoms. The number of hydrogen-bond acceptors (Lipinski definition) is 3. The zero-order valence-electron chi connectivity index (χ0n) is 13.8. The van der Waals surface area contributed by atoms with E-state index in [1.807, 2.05) is 30.3 Å². The SMILES string of the molecule is NC(=O)c1c[nH]c2ncc(-c3cccc(F)c3)cc12.Nc1ccccc1. The lowest BCUT2D eigenvalue weighted by molar-refractivity contribution is 0.100. The van der Waals surface area contributed by atoms with Crippen LogP contribution in [-0.2, 0) is 0 Å². The van der Waals surface area contributed by atoms with Crippen molar-refractivity contribution in [2.45, 2.75) is 0 Å². The number of nitrogen functional groups attached to an aromatic ring is 1. The summed E-state index contributed by atoms with van der Waals surface area (Å²) in [6.07, 6.45) is 3.15. The molecule has 2 aromatic carbocycles. The molecule has 5 nitrogen and oxygen atoms in total. The van der Waals surface area contributed by atoms with Gasteiger partial charge in [0.1, 0.15) is 11.5 Å². The van der Waals surface area contributed by atoms with E-state index in [4.69, 9.17) is 11.5 Å². The summed E-state index contributed by atoms with van der Waals surface area (Å²) < 4.78 is 13.2. The molecule has 26 heavy (non-hydrogen) atoms. The number of H-pyrrole nitrogens is 1. The molecular formula is C20H17FN4O. The minimum absolute atomic E-state index is 0.318. The van der Waals surface area contributed by atoms with Crippen LogP contribution in [0.5, 0.6) is 0 Å². The van der Waals surface area contributed by atoms with Gasteiger partial charge in [0.25, 0.3) is 5.91 Å². The van der Waals surface area contributed by atoms with E-state index in [2.05, 4.69) is 9.97 Å². The van der Waals surface area contributed by atoms with Gasteiger partial charge >= 0.3 is 0 Å². The van der Waals surface area contributed by atoms with Gasteiger partial charge < -0.3 is 16.5 Å². The Kier molecular flexibility index (Phi) is 4.94. The third-order valence-electron chi connectivity index (χ3n) is 3.75. The van der Waals surface area contributed by atoms with Gasteiger partial charge in [0.05, 0.1) is 5.56 Å². The van der Waals surface area contributed by atoms with Crippen LogP contribution in [0.2, 0.25) is 0 Å². The fourth-order valence-corrected chi connectivity index (χ4v) is 2.49. The van der Waals surface area contributed by atoms with Crippen molar-refractivity contribution < 1.29 is 9.18 Å². The number of para-hydroxylation sites is 1. The smallest absolute Gasteiger partial charge is 0.250 e. The van der Waals surface area contributed by atoms with Crippen LogP contribution in [0, 0.1) is 5.82 Å². The van der Waals surface area contributed by atoms with Crippen LogP contribution < -0.4 is 11.5 Å². The lowest BCUT2D eigenvalue weighted by Crippen LogP contribution is -2.09. The van der Waals surface area contributed by atoms with Crippen molar-refractivity contribution in [1.29, 1.82) is 0 Å². The van der Waals surface area contributed by atoms with E-state index in [9.17, 15) is 9.18 Å². The minimum Gasteiger partial charge on any atom is -0.399 e. The maximum atomic E-state index is 13.2. The van der Waals surface area contributed by atoms with Gasteiger partial charge in [-0.25, -0.2) is 9.37 Å². The van der Waals surface area contributed by atoms with E-state index < -0.39 is 5.91 Å². The molecule has 0 fully saturated rings. The van der Waals surface area contributed by atoms with Crippen LogP contribution in [0.15, 0.2) is 73.1 Å². The molecule has 0 aliphatic heterocycles. The summed E-state index contributed by atoms with van der Waals surface area (Å²) >= 11 is 0. The number of fused-ring (bicyclic) bond motifs is 1. The Hall–Kier alpha value is -3.67. The first kappa shape index (κ1) is 17.2. The fourth-order valence-electron chi connectivity index (χ4n) is 2.49. The van der Waals surface area contributed by atoms with Crippen molar-refractivity contribution in [1.82, 2.24) is 9.97 Å². The van der Waals surface area contributed by atoms with Gasteiger partial charge in [0.15, 0.2) is 0 Å². The van der Waals surface area contributed by atoms with Crippen molar-refractivity contribution in [3.63, 3.8) is 0 Å². The third kappa shape index (κ3) is 3.87. The number of aromatic nitrogens is 2. The number of primary amides is 1. The van der Waals surface area contributed by atoms with Crippen LogP contribution in [-0.4, -0.2) is 15.9 Å². The van der Waals surface area contributed by atoms with E-state index in [0.717, 1.165) is 11.3 Å². The van der Waals surface area contributed by atoms with Crippen molar-refractivity contribution >= 4 is 22.6 Å². The Bertz CT molecular complexity index is 1040. The zero-order chi connectivity index (χ0) is 18.5. The lowest BCUT2D eigenvalue weighted by atomic mass is 10.1. The summed E-state index contributed by atoms with van der Waals surface area (Å²) in [6, 6.07) is 17.5. The number of benzene rings is 2. The molecule has 0 radical (unpaired) electrons. The number of nitrogens with two attached hydrogens (primary N) is 2. The van der Waals surface area contributed by atoms with Crippen molar-refractivity contribution in [2.75, 3.05) is 5.73 Å². The lowest BCUT2D eigenvalue weighted by Gasteiger charge is -2.02. The van der Waals surface area contributed by atoms with E-state index in [-0.39, 0.29) is 5.82 Å². The summed E-state index contributed by atoms with van der Waals surface area (Å²) in [5.74, 6) is -0.841. The molecule has 0 saturated carbocycles. The van der Waals surface area contributed by atoms with Crippen molar-refractivity contribution in [3.05, 3.63) is 84.4 Å². The number of carbonyl (C=O) groups excluding carboxylic acids is 1. The van der Waals surface area contributed by atoms with Crippen LogP contribution >= 0.6 is 0 Å². The number of nitrogens with one attached hydrogen (secondary N) is 1. The highest BCUT2D eigenvalue weighted by Crippen LogP contribution is 2.24. The Balaban J connectivity index is 0.000000236. The third-order valence-corrected chi connectivity index (χ3v) is 3.75.